The van der Waals surface area contributed by atoms with Crippen LogP contribution >= 0.6 is 0 Å². The third-order valence-electron chi connectivity index (χ3n) is 3.31. The highest BCUT2D eigenvalue weighted by atomic mass is 15.3. The number of rotatable bonds is 1. The summed E-state index contributed by atoms with van der Waals surface area (Å²) in [5.41, 5.74) is 2.77. The molecule has 0 bridgehead atoms. The molecule has 78 valence electrons. The first-order valence-corrected chi connectivity index (χ1v) is 5.39. The van der Waals surface area contributed by atoms with Crippen molar-refractivity contribution in [1.82, 2.24) is 15.1 Å². The molecule has 2 atom stereocenters. The Hall–Kier alpha value is -0.830. The van der Waals surface area contributed by atoms with E-state index in [9.17, 15) is 0 Å². The quantitative estimate of drug-likeness (QED) is 0.731. The van der Waals surface area contributed by atoms with Gasteiger partial charge in [-0.1, -0.05) is 6.92 Å². The van der Waals surface area contributed by atoms with Crippen molar-refractivity contribution in [2.75, 3.05) is 13.1 Å². The summed E-state index contributed by atoms with van der Waals surface area (Å²) in [4.78, 5) is 0. The van der Waals surface area contributed by atoms with Crippen LogP contribution in [-0.2, 0) is 7.05 Å². The van der Waals surface area contributed by atoms with Gasteiger partial charge in [0.15, 0.2) is 0 Å². The number of hydrogen-bond donors (Lipinski definition) is 1. The molecule has 1 saturated heterocycles. The molecular weight excluding hydrogens is 174 g/mol. The molecule has 0 aliphatic carbocycles. The summed E-state index contributed by atoms with van der Waals surface area (Å²) in [6, 6.07) is 0. The predicted octanol–water partition coefficient (Wildman–Crippen LogP) is 1.44. The number of nitrogens with one attached hydrogen (secondary N) is 1. The monoisotopic (exact) mass is 193 g/mol. The van der Waals surface area contributed by atoms with Crippen LogP contribution in [0.5, 0.6) is 0 Å². The molecule has 2 heterocycles. The maximum Gasteiger partial charge on any atom is 0.0521 e. The van der Waals surface area contributed by atoms with Crippen LogP contribution < -0.4 is 5.32 Å². The molecule has 1 aliphatic rings. The van der Waals surface area contributed by atoms with Gasteiger partial charge in [0.05, 0.1) is 6.20 Å². The van der Waals surface area contributed by atoms with E-state index in [4.69, 9.17) is 0 Å². The van der Waals surface area contributed by atoms with Crippen LogP contribution in [0.15, 0.2) is 6.20 Å². The molecule has 0 saturated carbocycles. The molecule has 1 aromatic heterocycles. The molecular formula is C11H19N3. The second-order valence-corrected chi connectivity index (χ2v) is 4.41. The van der Waals surface area contributed by atoms with Gasteiger partial charge in [0, 0.05) is 18.7 Å². The van der Waals surface area contributed by atoms with Gasteiger partial charge >= 0.3 is 0 Å². The molecule has 1 aromatic rings. The molecule has 3 heteroatoms. The molecule has 2 unspecified atom stereocenters. The lowest BCUT2D eigenvalue weighted by atomic mass is 9.84. The summed E-state index contributed by atoms with van der Waals surface area (Å²) in [5.74, 6) is 1.40. The molecule has 0 aromatic carbocycles. The van der Waals surface area contributed by atoms with E-state index >= 15 is 0 Å². The van der Waals surface area contributed by atoms with E-state index < -0.39 is 0 Å². The number of piperidine rings is 1. The second kappa shape index (κ2) is 3.73. The normalized spacial score (nSPS) is 27.9. The standard InChI is InChI=1S/C11H19N3/c1-8-6-12-5-4-10(8)11-9(2)7-13-14(11)3/h7-8,10,12H,4-6H2,1-3H3. The summed E-state index contributed by atoms with van der Waals surface area (Å²) in [5, 5.41) is 7.76. The Balaban J connectivity index is 2.28. The van der Waals surface area contributed by atoms with Gasteiger partial charge in [0.1, 0.15) is 0 Å². The lowest BCUT2D eigenvalue weighted by molar-refractivity contribution is 0.335. The Bertz CT molecular complexity index is 297. The third-order valence-corrected chi connectivity index (χ3v) is 3.31. The van der Waals surface area contributed by atoms with Gasteiger partial charge in [-0.3, -0.25) is 4.68 Å². The van der Waals surface area contributed by atoms with Crippen LogP contribution in [-0.4, -0.2) is 22.9 Å². The van der Waals surface area contributed by atoms with Gasteiger partial charge in [0.25, 0.3) is 0 Å². The summed E-state index contributed by atoms with van der Waals surface area (Å²) in [7, 11) is 2.05. The fraction of sp³-hybridized carbons (Fsp3) is 0.727. The van der Waals surface area contributed by atoms with Gasteiger partial charge < -0.3 is 5.32 Å². The molecule has 0 radical (unpaired) electrons. The van der Waals surface area contributed by atoms with E-state index in [0.717, 1.165) is 19.0 Å². The average Bonchev–Trinajstić information content (AvgIpc) is 2.48. The number of nitrogens with zero attached hydrogens (tertiary/aromatic N) is 2. The fourth-order valence-corrected chi connectivity index (χ4v) is 2.51. The van der Waals surface area contributed by atoms with Gasteiger partial charge in [-0.2, -0.15) is 5.10 Å². The van der Waals surface area contributed by atoms with Crippen LogP contribution in [0.3, 0.4) is 0 Å². The van der Waals surface area contributed by atoms with Crippen molar-refractivity contribution in [3.8, 4) is 0 Å². The Labute approximate surface area is 85.5 Å². The minimum atomic E-state index is 0.684. The van der Waals surface area contributed by atoms with Crippen molar-refractivity contribution >= 4 is 0 Å². The largest absolute Gasteiger partial charge is 0.316 e. The highest BCUT2D eigenvalue weighted by Gasteiger charge is 2.26. The van der Waals surface area contributed by atoms with Crippen molar-refractivity contribution in [1.29, 1.82) is 0 Å². The van der Waals surface area contributed by atoms with Gasteiger partial charge in [-0.05, 0) is 37.9 Å². The van der Waals surface area contributed by atoms with Crippen molar-refractivity contribution < 1.29 is 0 Å². The topological polar surface area (TPSA) is 29.9 Å². The number of aromatic nitrogens is 2. The van der Waals surface area contributed by atoms with Crippen LogP contribution in [0.4, 0.5) is 0 Å². The molecule has 0 amide bonds. The zero-order valence-corrected chi connectivity index (χ0v) is 9.25. The van der Waals surface area contributed by atoms with E-state index in [-0.39, 0.29) is 0 Å². The summed E-state index contributed by atoms with van der Waals surface area (Å²) >= 11 is 0. The predicted molar refractivity (Wildman–Crippen MR) is 57.3 cm³/mol. The Morgan fingerprint density at radius 1 is 1.57 bits per heavy atom. The van der Waals surface area contributed by atoms with Crippen molar-refractivity contribution in [2.45, 2.75) is 26.2 Å². The van der Waals surface area contributed by atoms with Crippen molar-refractivity contribution in [3.05, 3.63) is 17.5 Å². The smallest absolute Gasteiger partial charge is 0.0521 e. The molecule has 3 nitrogen and oxygen atoms in total. The van der Waals surface area contributed by atoms with Crippen LogP contribution in [0.2, 0.25) is 0 Å². The van der Waals surface area contributed by atoms with E-state index in [0.29, 0.717) is 5.92 Å². The van der Waals surface area contributed by atoms with Crippen LogP contribution in [0.1, 0.15) is 30.5 Å². The summed E-state index contributed by atoms with van der Waals surface area (Å²) in [6.45, 7) is 6.76. The van der Waals surface area contributed by atoms with Gasteiger partial charge in [-0.25, -0.2) is 0 Å². The first-order valence-electron chi connectivity index (χ1n) is 5.39. The van der Waals surface area contributed by atoms with Crippen molar-refractivity contribution in [3.63, 3.8) is 0 Å². The zero-order chi connectivity index (χ0) is 10.1. The SMILES string of the molecule is Cc1cnn(C)c1C1CCNCC1C. The Morgan fingerprint density at radius 2 is 2.36 bits per heavy atom. The maximum atomic E-state index is 4.32. The highest BCUT2D eigenvalue weighted by molar-refractivity contribution is 5.21. The van der Waals surface area contributed by atoms with E-state index in [2.05, 4.69) is 31.3 Å². The average molecular weight is 193 g/mol. The third kappa shape index (κ3) is 1.57. The van der Waals surface area contributed by atoms with Gasteiger partial charge in [-0.15, -0.1) is 0 Å². The number of aryl methyl sites for hydroxylation is 2. The zero-order valence-electron chi connectivity index (χ0n) is 9.25. The minimum absolute atomic E-state index is 0.684. The first-order chi connectivity index (χ1) is 6.70. The molecule has 14 heavy (non-hydrogen) atoms. The molecule has 2 rings (SSSR count). The summed E-state index contributed by atoms with van der Waals surface area (Å²) in [6.07, 6.45) is 3.21. The lowest BCUT2D eigenvalue weighted by Crippen LogP contribution is -2.34. The highest BCUT2D eigenvalue weighted by Crippen LogP contribution is 2.31. The van der Waals surface area contributed by atoms with Crippen LogP contribution in [0.25, 0.3) is 0 Å². The molecule has 1 fully saturated rings. The van der Waals surface area contributed by atoms with E-state index in [1.165, 1.54) is 17.7 Å². The second-order valence-electron chi connectivity index (χ2n) is 4.41. The fourth-order valence-electron chi connectivity index (χ4n) is 2.51. The minimum Gasteiger partial charge on any atom is -0.316 e. The number of hydrogen-bond acceptors (Lipinski definition) is 2. The summed E-state index contributed by atoms with van der Waals surface area (Å²) < 4.78 is 2.04. The van der Waals surface area contributed by atoms with E-state index in [1.807, 2.05) is 10.9 Å². The Kier molecular flexibility index (Phi) is 2.59. The first kappa shape index (κ1) is 9.71. The maximum absolute atomic E-state index is 4.32. The van der Waals surface area contributed by atoms with Crippen LogP contribution in [0, 0.1) is 12.8 Å². The van der Waals surface area contributed by atoms with Gasteiger partial charge in [0.2, 0.25) is 0 Å². The lowest BCUT2D eigenvalue weighted by Gasteiger charge is -2.30. The molecule has 1 N–H and O–H groups in total. The van der Waals surface area contributed by atoms with E-state index in [1.54, 1.807) is 0 Å². The Morgan fingerprint density at radius 3 is 2.93 bits per heavy atom. The molecule has 0 spiro atoms. The molecule has 1 aliphatic heterocycles. The van der Waals surface area contributed by atoms with Crippen molar-refractivity contribution in [2.24, 2.45) is 13.0 Å².